The lowest BCUT2D eigenvalue weighted by Crippen LogP contribution is -2.31. The second kappa shape index (κ2) is 7.40. The van der Waals surface area contributed by atoms with Gasteiger partial charge in [-0.25, -0.2) is 4.79 Å². The van der Waals surface area contributed by atoms with Crippen molar-refractivity contribution < 1.29 is 24.6 Å². The summed E-state index contributed by atoms with van der Waals surface area (Å²) in [5.41, 5.74) is 1.88. The molecule has 1 aromatic carbocycles. The number of amides is 1. The van der Waals surface area contributed by atoms with Gasteiger partial charge in [-0.15, -0.1) is 0 Å². The Kier molecular flexibility index (Phi) is 5.04. The molecule has 1 fully saturated rings. The number of fused-ring (bicyclic) bond motifs is 1. The number of carbonyl (C=O) groups excluding carboxylic acids is 1. The van der Waals surface area contributed by atoms with E-state index in [4.69, 9.17) is 5.11 Å². The number of hydrogen-bond donors (Lipinski definition) is 4. The van der Waals surface area contributed by atoms with Crippen LogP contribution >= 0.6 is 0 Å². The zero-order valence-electron chi connectivity index (χ0n) is 13.9. The standard InChI is InChI=1S/C18H19N3O5/c22-15(5-6-16(23)24)20-11-3-4-14-12(9-11)13(10-19-14)17(18(25)26)21-7-1-2-8-21/h3-6,9-10,17,19H,1-2,7-8H2,(H,20,22)(H,23,24)(H,25,26)/b6-5+. The van der Waals surface area contributed by atoms with Gasteiger partial charge in [-0.1, -0.05) is 0 Å². The van der Waals surface area contributed by atoms with E-state index in [1.165, 1.54) is 0 Å². The molecule has 1 amide bonds. The third kappa shape index (κ3) is 3.75. The number of nitrogens with zero attached hydrogens (tertiary/aromatic N) is 1. The van der Waals surface area contributed by atoms with Crippen molar-refractivity contribution in [1.82, 2.24) is 9.88 Å². The molecule has 0 bridgehead atoms. The molecule has 1 atom stereocenters. The van der Waals surface area contributed by atoms with E-state index < -0.39 is 23.9 Å². The summed E-state index contributed by atoms with van der Waals surface area (Å²) in [6.07, 6.45) is 5.32. The van der Waals surface area contributed by atoms with Crippen LogP contribution in [0.4, 0.5) is 5.69 Å². The highest BCUT2D eigenvalue weighted by molar-refractivity contribution is 6.03. The first kappa shape index (κ1) is 17.7. The van der Waals surface area contributed by atoms with Gasteiger partial charge in [0.15, 0.2) is 0 Å². The van der Waals surface area contributed by atoms with Gasteiger partial charge in [-0.05, 0) is 44.1 Å². The minimum Gasteiger partial charge on any atom is -0.480 e. The number of aliphatic carboxylic acids is 2. The predicted octanol–water partition coefficient (Wildman–Crippen LogP) is 1.97. The molecular weight excluding hydrogens is 338 g/mol. The van der Waals surface area contributed by atoms with Gasteiger partial charge < -0.3 is 20.5 Å². The molecule has 8 heteroatoms. The van der Waals surface area contributed by atoms with Crippen molar-refractivity contribution >= 4 is 34.4 Å². The van der Waals surface area contributed by atoms with E-state index in [1.54, 1.807) is 24.4 Å². The van der Waals surface area contributed by atoms with Crippen LogP contribution in [-0.4, -0.2) is 51.0 Å². The third-order valence-corrected chi connectivity index (χ3v) is 4.39. The summed E-state index contributed by atoms with van der Waals surface area (Å²) >= 11 is 0. The second-order valence-electron chi connectivity index (χ2n) is 6.15. The summed E-state index contributed by atoms with van der Waals surface area (Å²) in [4.78, 5) is 39.1. The highest BCUT2D eigenvalue weighted by Gasteiger charge is 2.31. The molecule has 1 saturated heterocycles. The van der Waals surface area contributed by atoms with Gasteiger partial charge in [0, 0.05) is 40.5 Å². The number of benzene rings is 1. The Bertz CT molecular complexity index is 880. The van der Waals surface area contributed by atoms with E-state index >= 15 is 0 Å². The highest BCUT2D eigenvalue weighted by Crippen LogP contribution is 2.32. The first-order chi connectivity index (χ1) is 12.5. The molecule has 2 aromatic rings. The predicted molar refractivity (Wildman–Crippen MR) is 94.9 cm³/mol. The van der Waals surface area contributed by atoms with Crippen molar-refractivity contribution in [3.05, 3.63) is 42.1 Å². The minimum atomic E-state index is -1.21. The van der Waals surface area contributed by atoms with E-state index in [-0.39, 0.29) is 0 Å². The Morgan fingerprint density at radius 3 is 2.54 bits per heavy atom. The van der Waals surface area contributed by atoms with Gasteiger partial charge in [0.1, 0.15) is 6.04 Å². The molecule has 4 N–H and O–H groups in total. The average molecular weight is 357 g/mol. The summed E-state index contributed by atoms with van der Waals surface area (Å²) < 4.78 is 0. The number of rotatable bonds is 6. The zero-order valence-corrected chi connectivity index (χ0v) is 13.9. The van der Waals surface area contributed by atoms with Gasteiger partial charge in [0.25, 0.3) is 0 Å². The number of anilines is 1. The second-order valence-corrected chi connectivity index (χ2v) is 6.15. The monoisotopic (exact) mass is 357 g/mol. The fourth-order valence-electron chi connectivity index (χ4n) is 3.26. The molecule has 136 valence electrons. The van der Waals surface area contributed by atoms with E-state index in [0.717, 1.165) is 43.6 Å². The minimum absolute atomic E-state index is 0.462. The Hall–Kier alpha value is -3.13. The lowest BCUT2D eigenvalue weighted by Gasteiger charge is -2.23. The number of aromatic nitrogens is 1. The first-order valence-corrected chi connectivity index (χ1v) is 8.25. The van der Waals surface area contributed by atoms with Gasteiger partial charge in [0.05, 0.1) is 0 Å². The van der Waals surface area contributed by atoms with Gasteiger partial charge >= 0.3 is 11.9 Å². The molecule has 0 radical (unpaired) electrons. The van der Waals surface area contributed by atoms with Gasteiger partial charge in [-0.3, -0.25) is 14.5 Å². The summed E-state index contributed by atoms with van der Waals surface area (Å²) in [5.74, 6) is -2.69. The molecule has 1 aliphatic rings. The van der Waals surface area contributed by atoms with E-state index in [0.29, 0.717) is 16.6 Å². The summed E-state index contributed by atoms with van der Waals surface area (Å²) in [6, 6.07) is 4.36. The largest absolute Gasteiger partial charge is 0.480 e. The molecule has 1 unspecified atom stereocenters. The number of carboxylic acid groups (broad SMARTS) is 2. The number of carbonyl (C=O) groups is 3. The molecule has 0 aliphatic carbocycles. The third-order valence-electron chi connectivity index (χ3n) is 4.39. The maximum Gasteiger partial charge on any atom is 0.328 e. The summed E-state index contributed by atoms with van der Waals surface area (Å²) in [5, 5.41) is 21.6. The maximum absolute atomic E-state index is 11.9. The van der Waals surface area contributed by atoms with Gasteiger partial charge in [-0.2, -0.15) is 0 Å². The molecule has 2 heterocycles. The van der Waals surface area contributed by atoms with Crippen molar-refractivity contribution in [2.75, 3.05) is 18.4 Å². The van der Waals surface area contributed by atoms with Crippen molar-refractivity contribution in [2.45, 2.75) is 18.9 Å². The van der Waals surface area contributed by atoms with Crippen LogP contribution in [0.25, 0.3) is 10.9 Å². The van der Waals surface area contributed by atoms with Crippen LogP contribution in [0.5, 0.6) is 0 Å². The zero-order chi connectivity index (χ0) is 18.7. The molecule has 3 rings (SSSR count). The Balaban J connectivity index is 1.91. The highest BCUT2D eigenvalue weighted by atomic mass is 16.4. The quantitative estimate of drug-likeness (QED) is 0.586. The molecular formula is C18H19N3O5. The summed E-state index contributed by atoms with van der Waals surface area (Å²) in [7, 11) is 0. The smallest absolute Gasteiger partial charge is 0.328 e. The first-order valence-electron chi connectivity index (χ1n) is 8.25. The van der Waals surface area contributed by atoms with E-state index in [1.807, 2.05) is 4.90 Å². The van der Waals surface area contributed by atoms with Crippen LogP contribution in [0.1, 0.15) is 24.4 Å². The molecule has 8 nitrogen and oxygen atoms in total. The summed E-state index contributed by atoms with van der Waals surface area (Å²) in [6.45, 7) is 1.47. The number of H-pyrrole nitrogens is 1. The molecule has 0 saturated carbocycles. The lowest BCUT2D eigenvalue weighted by molar-refractivity contribution is -0.143. The Labute approximate surface area is 149 Å². The van der Waals surface area contributed by atoms with Crippen molar-refractivity contribution in [2.24, 2.45) is 0 Å². The normalized spacial score (nSPS) is 16.2. The number of hydrogen-bond acceptors (Lipinski definition) is 4. The SMILES string of the molecule is O=C(O)/C=C/C(=O)Nc1ccc2[nH]cc(C(C(=O)O)N3CCCC3)c2c1. The number of carboxylic acids is 2. The molecule has 26 heavy (non-hydrogen) atoms. The molecule has 0 spiro atoms. The topological polar surface area (TPSA) is 123 Å². The van der Waals surface area contributed by atoms with Crippen LogP contribution < -0.4 is 5.32 Å². The average Bonchev–Trinajstić information content (AvgIpc) is 3.24. The fourth-order valence-corrected chi connectivity index (χ4v) is 3.26. The lowest BCUT2D eigenvalue weighted by atomic mass is 10.0. The van der Waals surface area contributed by atoms with Crippen LogP contribution in [0.15, 0.2) is 36.5 Å². The van der Waals surface area contributed by atoms with Crippen LogP contribution in [0.2, 0.25) is 0 Å². The van der Waals surface area contributed by atoms with Crippen molar-refractivity contribution in [1.29, 1.82) is 0 Å². The van der Waals surface area contributed by atoms with Crippen LogP contribution in [0, 0.1) is 0 Å². The van der Waals surface area contributed by atoms with Crippen molar-refractivity contribution in [3.63, 3.8) is 0 Å². The van der Waals surface area contributed by atoms with Crippen LogP contribution in [-0.2, 0) is 14.4 Å². The van der Waals surface area contributed by atoms with E-state index in [9.17, 15) is 19.5 Å². The van der Waals surface area contributed by atoms with E-state index in [2.05, 4.69) is 10.3 Å². The number of likely N-dealkylation sites (tertiary alicyclic amines) is 1. The number of aromatic amines is 1. The molecule has 1 aliphatic heterocycles. The molecule has 1 aromatic heterocycles. The fraction of sp³-hybridized carbons (Fsp3) is 0.278. The van der Waals surface area contributed by atoms with Crippen molar-refractivity contribution in [3.8, 4) is 0 Å². The maximum atomic E-state index is 11.9. The van der Waals surface area contributed by atoms with Gasteiger partial charge in [0.2, 0.25) is 5.91 Å². The Morgan fingerprint density at radius 1 is 1.15 bits per heavy atom. The Morgan fingerprint density at radius 2 is 1.88 bits per heavy atom. The van der Waals surface area contributed by atoms with Crippen LogP contribution in [0.3, 0.4) is 0 Å². The number of nitrogens with one attached hydrogen (secondary N) is 2.